The zero-order valence-electron chi connectivity index (χ0n) is 34.5. The van der Waals surface area contributed by atoms with E-state index in [0.29, 0.717) is 22.5 Å². The summed E-state index contributed by atoms with van der Waals surface area (Å²) in [4.78, 5) is 23.5. The Morgan fingerprint density at radius 3 is 0.806 bits per heavy atom. The van der Waals surface area contributed by atoms with E-state index in [4.69, 9.17) is 0 Å². The van der Waals surface area contributed by atoms with E-state index in [-0.39, 0.29) is 57.1 Å². The van der Waals surface area contributed by atoms with Crippen molar-refractivity contribution in [3.63, 3.8) is 0 Å². The Kier molecular flexibility index (Phi) is 27.3. The molecule has 0 atom stereocenters. The number of aromatic nitrogens is 4. The summed E-state index contributed by atoms with van der Waals surface area (Å²) in [5.74, 6) is -0.506. The van der Waals surface area contributed by atoms with Crippen molar-refractivity contribution in [2.75, 3.05) is 0 Å². The molecule has 62 heavy (non-hydrogen) atoms. The van der Waals surface area contributed by atoms with Crippen molar-refractivity contribution in [1.29, 1.82) is 0 Å². The van der Waals surface area contributed by atoms with E-state index in [1.807, 2.05) is 101 Å². The van der Waals surface area contributed by atoms with Gasteiger partial charge in [0.1, 0.15) is 0 Å². The first-order chi connectivity index (χ1) is 29.1. The molecular weight excluding hydrogens is 876 g/mol. The topological polar surface area (TPSA) is 169 Å². The molecule has 0 N–H and O–H groups in total. The largest absolute Gasteiger partial charge is 2.00 e. The van der Waals surface area contributed by atoms with E-state index >= 15 is 0 Å². The molecule has 12 heteroatoms. The van der Waals surface area contributed by atoms with E-state index < -0.39 is 0 Å². The minimum atomic E-state index is -0.151. The van der Waals surface area contributed by atoms with Gasteiger partial charge in [0.05, 0.1) is 11.4 Å². The van der Waals surface area contributed by atoms with Gasteiger partial charge in [-0.3, -0.25) is 29.9 Å². The fourth-order valence-corrected chi connectivity index (χ4v) is 4.37. The van der Waals surface area contributed by atoms with Crippen LogP contribution in [0.25, 0.3) is 0 Å². The van der Waals surface area contributed by atoms with E-state index in [9.17, 15) is 20.4 Å². The van der Waals surface area contributed by atoms with Crippen LogP contribution in [0, 0.1) is 27.7 Å². The standard InChI is InChI=1S/2C13H11NO2.4C6H7N.2Cu/c2*15-12-7-3-1-5-10(12)9-14-11-6-2-4-8-13(11)16;4*1-6-3-2-4-7-5-6;;/h2*1-9,15-16H;4*2-5H,1H3;;/q;;;;;;2*+2/p-4. The van der Waals surface area contributed by atoms with Crippen LogP contribution in [0.15, 0.2) is 205 Å². The zero-order valence-corrected chi connectivity index (χ0v) is 36.4. The minimum absolute atomic E-state index is 0. The Morgan fingerprint density at radius 1 is 0.339 bits per heavy atom. The number of hydrogen-bond donors (Lipinski definition) is 0. The third-order valence-electron chi connectivity index (χ3n) is 7.49. The molecule has 0 bridgehead atoms. The molecule has 0 aliphatic rings. The molecule has 0 saturated heterocycles. The molecule has 0 aliphatic heterocycles. The Labute approximate surface area is 385 Å². The molecule has 0 amide bonds. The van der Waals surface area contributed by atoms with Crippen molar-refractivity contribution in [1.82, 2.24) is 19.9 Å². The quantitative estimate of drug-likeness (QED) is 0.125. The third kappa shape index (κ3) is 23.0. The maximum atomic E-state index is 11.4. The van der Waals surface area contributed by atoms with Gasteiger partial charge >= 0.3 is 34.1 Å². The van der Waals surface area contributed by atoms with Gasteiger partial charge in [-0.25, -0.2) is 0 Å². The number of aryl methyl sites for hydroxylation is 4. The van der Waals surface area contributed by atoms with Gasteiger partial charge in [0, 0.05) is 62.0 Å². The smallest absolute Gasteiger partial charge is 0.872 e. The fraction of sp³-hybridized carbons (Fsp3) is 0.0800. The number of para-hydroxylation sites is 6. The molecule has 4 aromatic carbocycles. The molecule has 2 radical (unpaired) electrons. The number of nitrogens with zero attached hydrogens (tertiary/aromatic N) is 6. The Hall–Kier alpha value is -6.94. The van der Waals surface area contributed by atoms with Crippen LogP contribution in [0.2, 0.25) is 0 Å². The summed E-state index contributed by atoms with van der Waals surface area (Å²) in [6.45, 7) is 8.08. The molecular formula is C50H46Cu2N6O4. The van der Waals surface area contributed by atoms with Crippen LogP contribution in [0.3, 0.4) is 0 Å². The Balaban J connectivity index is 0.000000387. The number of rotatable bonds is 4. The molecule has 8 aromatic rings. The van der Waals surface area contributed by atoms with Crippen LogP contribution in [0.5, 0.6) is 23.0 Å². The van der Waals surface area contributed by atoms with Gasteiger partial charge in [0.25, 0.3) is 0 Å². The summed E-state index contributed by atoms with van der Waals surface area (Å²) in [7, 11) is 0. The van der Waals surface area contributed by atoms with Gasteiger partial charge in [-0.1, -0.05) is 121 Å². The van der Waals surface area contributed by atoms with Gasteiger partial charge in [-0.05, 0) is 97.5 Å². The maximum absolute atomic E-state index is 11.4. The second-order valence-electron chi connectivity index (χ2n) is 12.6. The summed E-state index contributed by atoms with van der Waals surface area (Å²) in [5, 5.41) is 45.4. The normalized spacial score (nSPS) is 9.48. The summed E-state index contributed by atoms with van der Waals surface area (Å²) in [5.41, 5.74) is 6.48. The van der Waals surface area contributed by atoms with Crippen LogP contribution in [-0.2, 0) is 34.1 Å². The van der Waals surface area contributed by atoms with Crippen molar-refractivity contribution in [3.8, 4) is 23.0 Å². The second-order valence-corrected chi connectivity index (χ2v) is 12.6. The molecule has 8 rings (SSSR count). The van der Waals surface area contributed by atoms with Crippen LogP contribution < -0.4 is 20.4 Å². The SMILES string of the molecule is Cc1cccnc1.Cc1cccnc1.Cc1cccnc1.Cc1cccnc1.[Cu+2].[Cu+2].[O-]c1ccccc1C=Nc1ccccc1[O-].[O-]c1ccccc1C=Nc1ccccc1[O-]. The third-order valence-corrected chi connectivity index (χ3v) is 7.49. The van der Waals surface area contributed by atoms with Gasteiger partial charge in [0.2, 0.25) is 0 Å². The van der Waals surface area contributed by atoms with Gasteiger partial charge in [-0.2, -0.15) is 0 Å². The van der Waals surface area contributed by atoms with Crippen molar-refractivity contribution in [2.45, 2.75) is 27.7 Å². The average Bonchev–Trinajstić information content (AvgIpc) is 3.26. The van der Waals surface area contributed by atoms with Crippen LogP contribution >= 0.6 is 0 Å². The fourth-order valence-electron chi connectivity index (χ4n) is 4.37. The first kappa shape index (κ1) is 53.1. The van der Waals surface area contributed by atoms with Gasteiger partial charge in [0.15, 0.2) is 0 Å². The molecule has 10 nitrogen and oxygen atoms in total. The number of benzene rings is 4. The summed E-state index contributed by atoms with van der Waals surface area (Å²) >= 11 is 0. The van der Waals surface area contributed by atoms with Crippen LogP contribution in [0.4, 0.5) is 11.4 Å². The molecule has 0 unspecified atom stereocenters. The molecule has 0 fully saturated rings. The molecule has 0 aliphatic carbocycles. The van der Waals surface area contributed by atoms with E-state index in [1.54, 1.807) is 97.6 Å². The summed E-state index contributed by atoms with van der Waals surface area (Å²) < 4.78 is 0. The predicted octanol–water partition coefficient (Wildman–Crippen LogP) is 8.72. The summed E-state index contributed by atoms with van der Waals surface area (Å²) in [6.07, 6.45) is 17.2. The Morgan fingerprint density at radius 2 is 0.597 bits per heavy atom. The van der Waals surface area contributed by atoms with Crippen LogP contribution in [-0.4, -0.2) is 32.4 Å². The first-order valence-electron chi connectivity index (χ1n) is 18.7. The van der Waals surface area contributed by atoms with Gasteiger partial charge in [-0.15, -0.1) is 11.5 Å². The van der Waals surface area contributed by atoms with Crippen LogP contribution in [0.1, 0.15) is 33.4 Å². The first-order valence-corrected chi connectivity index (χ1v) is 18.7. The average molecular weight is 922 g/mol. The maximum Gasteiger partial charge on any atom is 2.00 e. The summed E-state index contributed by atoms with van der Waals surface area (Å²) in [6, 6.07) is 41.8. The molecule has 322 valence electrons. The van der Waals surface area contributed by atoms with Crippen molar-refractivity contribution < 1.29 is 54.6 Å². The number of hydrogen-bond acceptors (Lipinski definition) is 10. The molecule has 4 heterocycles. The monoisotopic (exact) mass is 920 g/mol. The van der Waals surface area contributed by atoms with Gasteiger partial charge < -0.3 is 20.4 Å². The Bertz CT molecular complexity index is 2090. The van der Waals surface area contributed by atoms with Crippen molar-refractivity contribution in [2.24, 2.45) is 9.98 Å². The van der Waals surface area contributed by atoms with E-state index in [0.717, 1.165) is 0 Å². The number of pyridine rings is 4. The predicted molar refractivity (Wildman–Crippen MR) is 234 cm³/mol. The molecule has 0 saturated carbocycles. The second kappa shape index (κ2) is 31.9. The van der Waals surface area contributed by atoms with E-state index in [1.165, 1.54) is 58.9 Å². The van der Waals surface area contributed by atoms with Crippen molar-refractivity contribution >= 4 is 23.8 Å². The molecule has 4 aromatic heterocycles. The zero-order chi connectivity index (χ0) is 43.2. The number of aliphatic imine (C=N–C) groups is 2. The van der Waals surface area contributed by atoms with Crippen molar-refractivity contribution in [3.05, 3.63) is 229 Å². The minimum Gasteiger partial charge on any atom is -0.872 e. The molecule has 0 spiro atoms. The van der Waals surface area contributed by atoms with E-state index in [2.05, 4.69) is 29.9 Å².